The fraction of sp³-hybridized carbons (Fsp3) is 0.545. The monoisotopic (exact) mass is 560 g/mol. The molecule has 0 aliphatic heterocycles. The topological polar surface area (TPSA) is 96.2 Å². The number of benzene rings is 1. The van der Waals surface area contributed by atoms with Gasteiger partial charge < -0.3 is 30.1 Å². The minimum absolute atomic E-state index is 0. The number of hydrogen-bond donors (Lipinski definition) is 3. The predicted molar refractivity (Wildman–Crippen MR) is 138 cm³/mol. The summed E-state index contributed by atoms with van der Waals surface area (Å²) in [5.74, 6) is 2.03. The zero-order valence-electron chi connectivity index (χ0n) is 20.0. The van der Waals surface area contributed by atoms with Crippen LogP contribution in [0.2, 0.25) is 0 Å². The molecule has 0 saturated carbocycles. The molecule has 1 aromatic carbocycles. The Balaban J connectivity index is 0.00000512. The van der Waals surface area contributed by atoms with E-state index in [4.69, 9.17) is 9.47 Å². The van der Waals surface area contributed by atoms with Crippen molar-refractivity contribution in [3.63, 3.8) is 0 Å². The summed E-state index contributed by atoms with van der Waals surface area (Å²) in [5, 5.41) is 21.6. The van der Waals surface area contributed by atoms with E-state index in [9.17, 15) is 5.11 Å². The number of ether oxygens (including phenoxy) is 2. The molecule has 0 bridgehead atoms. The molecular weight excluding hydrogens is 523 g/mol. The molecule has 1 heterocycles. The molecule has 0 aliphatic rings. The second-order valence-electron chi connectivity index (χ2n) is 7.85. The minimum Gasteiger partial charge on any atom is -0.493 e. The Morgan fingerprint density at radius 2 is 1.94 bits per heavy atom. The van der Waals surface area contributed by atoms with Crippen LogP contribution in [0.3, 0.4) is 0 Å². The number of aliphatic hydroxyl groups is 1. The fourth-order valence-electron chi connectivity index (χ4n) is 3.22. The third kappa shape index (κ3) is 7.52. The second kappa shape index (κ2) is 12.9. The summed E-state index contributed by atoms with van der Waals surface area (Å²) in [5.41, 5.74) is 0.709. The average Bonchev–Trinajstić information content (AvgIpc) is 3.19. The highest BCUT2D eigenvalue weighted by molar-refractivity contribution is 14.0. The van der Waals surface area contributed by atoms with Crippen molar-refractivity contribution in [1.29, 1.82) is 0 Å². The Kier molecular flexibility index (Phi) is 11.2. The van der Waals surface area contributed by atoms with Crippen molar-refractivity contribution < 1.29 is 14.6 Å². The van der Waals surface area contributed by atoms with Crippen LogP contribution < -0.4 is 20.1 Å². The summed E-state index contributed by atoms with van der Waals surface area (Å²) in [6.45, 7) is 5.28. The molecule has 10 heteroatoms. The number of nitrogens with zero attached hydrogens (tertiary/aromatic N) is 4. The Hall–Kier alpha value is -2.05. The number of halogens is 1. The first kappa shape index (κ1) is 28.0. The van der Waals surface area contributed by atoms with Gasteiger partial charge in [-0.25, -0.2) is 4.99 Å². The quantitative estimate of drug-likeness (QED) is 0.233. The Morgan fingerprint density at radius 1 is 1.25 bits per heavy atom. The maximum Gasteiger partial charge on any atom is 0.191 e. The highest BCUT2D eigenvalue weighted by Gasteiger charge is 2.25. The third-order valence-electron chi connectivity index (χ3n) is 5.09. The SMILES string of the molecule is CCNC(=NCC(C)(O)c1cnn(C)c1)NCC(c1ccc(OC)c(OC)c1)N(C)C.I. The molecule has 0 spiro atoms. The van der Waals surface area contributed by atoms with Gasteiger partial charge in [-0.15, -0.1) is 24.0 Å². The largest absolute Gasteiger partial charge is 0.493 e. The molecule has 0 aliphatic carbocycles. The highest BCUT2D eigenvalue weighted by atomic mass is 127. The van der Waals surface area contributed by atoms with Crippen molar-refractivity contribution in [2.45, 2.75) is 25.5 Å². The number of nitrogens with one attached hydrogen (secondary N) is 2. The molecule has 2 rings (SSSR count). The van der Waals surface area contributed by atoms with Crippen LogP contribution in [-0.2, 0) is 12.6 Å². The molecular formula is C22H37IN6O3. The number of aliphatic imine (C=N–C) groups is 1. The number of likely N-dealkylation sites (N-methyl/N-ethyl adjacent to an activating group) is 1. The van der Waals surface area contributed by atoms with Crippen molar-refractivity contribution in [2.24, 2.45) is 12.0 Å². The van der Waals surface area contributed by atoms with Gasteiger partial charge >= 0.3 is 0 Å². The molecule has 9 nitrogen and oxygen atoms in total. The number of guanidine groups is 1. The maximum absolute atomic E-state index is 10.8. The Labute approximate surface area is 208 Å². The van der Waals surface area contributed by atoms with Crippen molar-refractivity contribution in [3.05, 3.63) is 41.7 Å². The van der Waals surface area contributed by atoms with Gasteiger partial charge in [-0.2, -0.15) is 5.10 Å². The number of methoxy groups -OCH3 is 2. The van der Waals surface area contributed by atoms with Gasteiger partial charge in [0.1, 0.15) is 5.60 Å². The maximum atomic E-state index is 10.8. The van der Waals surface area contributed by atoms with Crippen molar-refractivity contribution in [2.75, 3.05) is 47.9 Å². The number of aromatic nitrogens is 2. The zero-order valence-corrected chi connectivity index (χ0v) is 22.4. The van der Waals surface area contributed by atoms with Gasteiger partial charge in [0.15, 0.2) is 17.5 Å². The first-order valence-electron chi connectivity index (χ1n) is 10.3. The van der Waals surface area contributed by atoms with Crippen LogP contribution >= 0.6 is 24.0 Å². The van der Waals surface area contributed by atoms with E-state index in [0.29, 0.717) is 30.5 Å². The predicted octanol–water partition coefficient (Wildman–Crippen LogP) is 2.12. The number of rotatable bonds is 10. The zero-order chi connectivity index (χ0) is 23.0. The normalized spacial score (nSPS) is 14.3. The van der Waals surface area contributed by atoms with E-state index in [1.807, 2.05) is 46.3 Å². The van der Waals surface area contributed by atoms with Crippen molar-refractivity contribution in [1.82, 2.24) is 25.3 Å². The summed E-state index contributed by atoms with van der Waals surface area (Å²) < 4.78 is 12.5. The molecule has 2 aromatic rings. The first-order chi connectivity index (χ1) is 14.7. The molecule has 1 aromatic heterocycles. The minimum atomic E-state index is -1.11. The molecule has 180 valence electrons. The third-order valence-corrected chi connectivity index (χ3v) is 5.09. The van der Waals surface area contributed by atoms with Crippen LogP contribution in [0.5, 0.6) is 11.5 Å². The lowest BCUT2D eigenvalue weighted by molar-refractivity contribution is 0.0671. The lowest BCUT2D eigenvalue weighted by Gasteiger charge is -2.27. The highest BCUT2D eigenvalue weighted by Crippen LogP contribution is 2.31. The van der Waals surface area contributed by atoms with E-state index < -0.39 is 5.60 Å². The van der Waals surface area contributed by atoms with E-state index in [2.05, 4.69) is 25.6 Å². The standard InChI is InChI=1S/C22H36N6O3.HI/c1-8-23-21(25-15-22(2,29)17-12-26-28(5)14-17)24-13-18(27(3)4)16-9-10-19(30-6)20(11-16)31-7;/h9-12,14,18,29H,8,13,15H2,1-7H3,(H2,23,24,25);1H. The molecule has 0 fully saturated rings. The average molecular weight is 560 g/mol. The molecule has 3 N–H and O–H groups in total. The van der Waals surface area contributed by atoms with E-state index in [0.717, 1.165) is 11.1 Å². The van der Waals surface area contributed by atoms with Gasteiger partial charge in [-0.1, -0.05) is 6.07 Å². The van der Waals surface area contributed by atoms with Gasteiger partial charge in [-0.05, 0) is 45.6 Å². The molecule has 2 atom stereocenters. The van der Waals surface area contributed by atoms with Gasteiger partial charge in [-0.3, -0.25) is 4.68 Å². The second-order valence-corrected chi connectivity index (χ2v) is 7.85. The Bertz CT molecular complexity index is 869. The van der Waals surface area contributed by atoms with Crippen LogP contribution in [0.1, 0.15) is 31.0 Å². The van der Waals surface area contributed by atoms with Crippen molar-refractivity contribution in [3.8, 4) is 11.5 Å². The van der Waals surface area contributed by atoms with Crippen LogP contribution in [0.25, 0.3) is 0 Å². The summed E-state index contributed by atoms with van der Waals surface area (Å²) in [6, 6.07) is 6.00. The van der Waals surface area contributed by atoms with Gasteiger partial charge in [0.05, 0.1) is 33.0 Å². The number of aryl methyl sites for hydroxylation is 1. The van der Waals surface area contributed by atoms with Gasteiger partial charge in [0, 0.05) is 31.9 Å². The van der Waals surface area contributed by atoms with E-state index in [1.54, 1.807) is 38.2 Å². The van der Waals surface area contributed by atoms with Crippen LogP contribution in [0.4, 0.5) is 0 Å². The van der Waals surface area contributed by atoms with Crippen LogP contribution in [-0.4, -0.2) is 73.7 Å². The summed E-state index contributed by atoms with van der Waals surface area (Å²) in [4.78, 5) is 6.73. The molecule has 0 amide bonds. The summed E-state index contributed by atoms with van der Waals surface area (Å²) >= 11 is 0. The lowest BCUT2D eigenvalue weighted by atomic mass is 10.0. The molecule has 2 unspecified atom stereocenters. The van der Waals surface area contributed by atoms with Gasteiger partial charge in [0.2, 0.25) is 0 Å². The number of hydrogen-bond acceptors (Lipinski definition) is 6. The molecule has 0 radical (unpaired) electrons. The van der Waals surface area contributed by atoms with Crippen molar-refractivity contribution >= 4 is 29.9 Å². The lowest BCUT2D eigenvalue weighted by Crippen LogP contribution is -2.42. The first-order valence-corrected chi connectivity index (χ1v) is 10.3. The van der Waals surface area contributed by atoms with Crippen LogP contribution in [0, 0.1) is 0 Å². The van der Waals surface area contributed by atoms with E-state index >= 15 is 0 Å². The van der Waals surface area contributed by atoms with Crippen LogP contribution in [0.15, 0.2) is 35.6 Å². The molecule has 32 heavy (non-hydrogen) atoms. The summed E-state index contributed by atoms with van der Waals surface area (Å²) in [6.07, 6.45) is 3.46. The van der Waals surface area contributed by atoms with E-state index in [1.165, 1.54) is 0 Å². The van der Waals surface area contributed by atoms with E-state index in [-0.39, 0.29) is 36.6 Å². The smallest absolute Gasteiger partial charge is 0.191 e. The molecule has 0 saturated heterocycles. The summed E-state index contributed by atoms with van der Waals surface area (Å²) in [7, 11) is 9.14. The fourth-order valence-corrected chi connectivity index (χ4v) is 3.22. The Morgan fingerprint density at radius 3 is 2.47 bits per heavy atom. The van der Waals surface area contributed by atoms with Gasteiger partial charge in [0.25, 0.3) is 0 Å².